The summed E-state index contributed by atoms with van der Waals surface area (Å²) in [6.45, 7) is 5.52. The molecule has 0 saturated heterocycles. The second kappa shape index (κ2) is 8.03. The Balaban J connectivity index is 1.56. The molecular formula is C19H27N7. The van der Waals surface area contributed by atoms with Crippen molar-refractivity contribution in [3.05, 3.63) is 47.2 Å². The van der Waals surface area contributed by atoms with Gasteiger partial charge < -0.3 is 20.2 Å². The topological polar surface area (TPSA) is 82.9 Å². The van der Waals surface area contributed by atoms with Gasteiger partial charge >= 0.3 is 0 Å². The number of hydrogen-bond acceptors (Lipinski definition) is 3. The molecule has 0 aliphatic heterocycles. The molecule has 3 N–H and O–H groups in total. The fourth-order valence-corrected chi connectivity index (χ4v) is 3.08. The summed E-state index contributed by atoms with van der Waals surface area (Å²) >= 11 is 0. The molecule has 2 heterocycles. The van der Waals surface area contributed by atoms with Gasteiger partial charge in [0.1, 0.15) is 5.82 Å². The largest absolute Gasteiger partial charge is 0.361 e. The van der Waals surface area contributed by atoms with E-state index in [-0.39, 0.29) is 0 Å². The molecular weight excluding hydrogens is 326 g/mol. The minimum Gasteiger partial charge on any atom is -0.361 e. The van der Waals surface area contributed by atoms with Gasteiger partial charge in [-0.3, -0.25) is 4.99 Å². The lowest BCUT2D eigenvalue weighted by Gasteiger charge is -2.11. The van der Waals surface area contributed by atoms with E-state index in [1.807, 2.05) is 18.5 Å². The lowest BCUT2D eigenvalue weighted by Crippen LogP contribution is -2.38. The van der Waals surface area contributed by atoms with Crippen molar-refractivity contribution in [2.75, 3.05) is 13.6 Å². The van der Waals surface area contributed by atoms with Crippen molar-refractivity contribution in [1.29, 1.82) is 0 Å². The number of nitrogens with one attached hydrogen (secondary N) is 3. The number of fused-ring (bicyclic) bond motifs is 1. The molecule has 7 heteroatoms. The van der Waals surface area contributed by atoms with Crippen molar-refractivity contribution < 1.29 is 0 Å². The van der Waals surface area contributed by atoms with Gasteiger partial charge in [0.25, 0.3) is 0 Å². The van der Waals surface area contributed by atoms with Gasteiger partial charge in [0, 0.05) is 37.7 Å². The molecule has 0 bridgehead atoms. The number of hydrogen-bond donors (Lipinski definition) is 3. The number of aliphatic imine (C=N–C) groups is 1. The summed E-state index contributed by atoms with van der Waals surface area (Å²) < 4.78 is 1.97. The summed E-state index contributed by atoms with van der Waals surface area (Å²) in [4.78, 5) is 7.70. The molecule has 7 nitrogen and oxygen atoms in total. The molecule has 0 fully saturated rings. The second-order valence-corrected chi connectivity index (χ2v) is 6.33. The van der Waals surface area contributed by atoms with Crippen molar-refractivity contribution in [2.45, 2.75) is 33.2 Å². The quantitative estimate of drug-likeness (QED) is 0.468. The molecule has 0 saturated carbocycles. The first-order valence-corrected chi connectivity index (χ1v) is 9.01. The Hall–Kier alpha value is -2.83. The highest BCUT2D eigenvalue weighted by molar-refractivity contribution is 5.86. The van der Waals surface area contributed by atoms with Crippen LogP contribution in [0.1, 0.15) is 29.7 Å². The number of benzene rings is 1. The summed E-state index contributed by atoms with van der Waals surface area (Å²) in [5, 5.41) is 16.2. The zero-order chi connectivity index (χ0) is 18.5. The average molecular weight is 353 g/mol. The van der Waals surface area contributed by atoms with Gasteiger partial charge in [-0.1, -0.05) is 25.1 Å². The molecule has 0 spiro atoms. The van der Waals surface area contributed by atoms with Crippen LogP contribution in [0.5, 0.6) is 0 Å². The van der Waals surface area contributed by atoms with Crippen LogP contribution in [0.25, 0.3) is 10.9 Å². The van der Waals surface area contributed by atoms with Crippen LogP contribution in [0.4, 0.5) is 0 Å². The maximum atomic E-state index is 4.28. The number of guanidine groups is 1. The molecule has 3 aromatic rings. The van der Waals surface area contributed by atoms with Crippen LogP contribution in [0.3, 0.4) is 0 Å². The van der Waals surface area contributed by atoms with E-state index in [9.17, 15) is 0 Å². The number of aromatic nitrogens is 4. The second-order valence-electron chi connectivity index (χ2n) is 6.33. The van der Waals surface area contributed by atoms with Gasteiger partial charge in [0.05, 0.1) is 6.54 Å². The van der Waals surface area contributed by atoms with Crippen molar-refractivity contribution in [3.8, 4) is 0 Å². The number of para-hydroxylation sites is 1. The Kier molecular flexibility index (Phi) is 5.55. The van der Waals surface area contributed by atoms with Crippen LogP contribution in [0, 0.1) is 6.92 Å². The first kappa shape index (κ1) is 18.0. The highest BCUT2D eigenvalue weighted by Crippen LogP contribution is 2.22. The van der Waals surface area contributed by atoms with E-state index in [2.05, 4.69) is 62.1 Å². The third-order valence-corrected chi connectivity index (χ3v) is 4.78. The Morgan fingerprint density at radius 3 is 2.77 bits per heavy atom. The van der Waals surface area contributed by atoms with E-state index < -0.39 is 0 Å². The van der Waals surface area contributed by atoms with Gasteiger partial charge in [-0.25, -0.2) is 0 Å². The summed E-state index contributed by atoms with van der Waals surface area (Å²) in [6.07, 6.45) is 4.08. The zero-order valence-corrected chi connectivity index (χ0v) is 15.9. The van der Waals surface area contributed by atoms with Crippen molar-refractivity contribution in [3.63, 3.8) is 0 Å². The van der Waals surface area contributed by atoms with Gasteiger partial charge in [-0.05, 0) is 30.9 Å². The van der Waals surface area contributed by atoms with E-state index in [1.165, 1.54) is 22.0 Å². The molecule has 0 aliphatic rings. The van der Waals surface area contributed by atoms with Crippen LogP contribution in [-0.2, 0) is 26.4 Å². The van der Waals surface area contributed by atoms with Gasteiger partial charge in [0.2, 0.25) is 0 Å². The van der Waals surface area contributed by atoms with Crippen LogP contribution >= 0.6 is 0 Å². The molecule has 0 unspecified atom stereocenters. The lowest BCUT2D eigenvalue weighted by molar-refractivity contribution is 0.716. The third-order valence-electron chi connectivity index (χ3n) is 4.78. The highest BCUT2D eigenvalue weighted by atomic mass is 15.3. The lowest BCUT2D eigenvalue weighted by atomic mass is 10.1. The Bertz CT molecular complexity index is 904. The number of aryl methyl sites for hydroxylation is 2. The molecule has 26 heavy (non-hydrogen) atoms. The summed E-state index contributed by atoms with van der Waals surface area (Å²) in [6, 6.07) is 6.50. The minimum absolute atomic E-state index is 0.587. The fourth-order valence-electron chi connectivity index (χ4n) is 3.08. The third kappa shape index (κ3) is 3.71. The van der Waals surface area contributed by atoms with E-state index in [4.69, 9.17) is 0 Å². The molecule has 0 amide bonds. The SMILES string of the molecule is CCc1cccc2c(CCNC(=NC)NCc3nnc(C)n3C)c[nH]c12. The van der Waals surface area contributed by atoms with Crippen molar-refractivity contribution in [1.82, 2.24) is 30.4 Å². The minimum atomic E-state index is 0.587. The molecule has 0 aliphatic carbocycles. The summed E-state index contributed by atoms with van der Waals surface area (Å²) in [7, 11) is 3.74. The standard InChI is InChI=1S/C19H27N7/c1-5-14-7-6-8-16-15(11-22-18(14)16)9-10-21-19(20-3)23-12-17-25-24-13(2)26(17)4/h6-8,11,22H,5,9-10,12H2,1-4H3,(H2,20,21,23). The monoisotopic (exact) mass is 353 g/mol. The number of aromatic amines is 1. The Labute approximate surface area is 153 Å². The van der Waals surface area contributed by atoms with Gasteiger partial charge in [0.15, 0.2) is 11.8 Å². The predicted molar refractivity (Wildman–Crippen MR) is 105 cm³/mol. The van der Waals surface area contributed by atoms with E-state index in [0.717, 1.165) is 37.0 Å². The first-order valence-electron chi connectivity index (χ1n) is 9.01. The van der Waals surface area contributed by atoms with Crippen LogP contribution < -0.4 is 10.6 Å². The Morgan fingerprint density at radius 2 is 2.08 bits per heavy atom. The maximum Gasteiger partial charge on any atom is 0.191 e. The number of H-pyrrole nitrogens is 1. The van der Waals surface area contributed by atoms with Crippen molar-refractivity contribution >= 4 is 16.9 Å². The molecule has 0 radical (unpaired) electrons. The fraction of sp³-hybridized carbons (Fsp3) is 0.421. The highest BCUT2D eigenvalue weighted by Gasteiger charge is 2.08. The predicted octanol–water partition coefficient (Wildman–Crippen LogP) is 2.07. The molecule has 2 aromatic heterocycles. The Morgan fingerprint density at radius 1 is 1.23 bits per heavy atom. The number of nitrogens with zero attached hydrogens (tertiary/aromatic N) is 4. The van der Waals surface area contributed by atoms with E-state index in [1.54, 1.807) is 7.05 Å². The molecule has 3 rings (SSSR count). The van der Waals surface area contributed by atoms with E-state index >= 15 is 0 Å². The summed E-state index contributed by atoms with van der Waals surface area (Å²) in [5.41, 5.74) is 3.94. The maximum absolute atomic E-state index is 4.28. The normalized spacial score (nSPS) is 11.9. The first-order chi connectivity index (χ1) is 12.6. The van der Waals surface area contributed by atoms with Crippen molar-refractivity contribution in [2.24, 2.45) is 12.0 Å². The number of rotatable bonds is 6. The van der Waals surface area contributed by atoms with Crippen LogP contribution in [-0.4, -0.2) is 39.3 Å². The smallest absolute Gasteiger partial charge is 0.191 e. The zero-order valence-electron chi connectivity index (χ0n) is 15.9. The van der Waals surface area contributed by atoms with Crippen LogP contribution in [0.15, 0.2) is 29.4 Å². The van der Waals surface area contributed by atoms with Crippen LogP contribution in [0.2, 0.25) is 0 Å². The molecule has 138 valence electrons. The van der Waals surface area contributed by atoms with Gasteiger partial charge in [-0.2, -0.15) is 0 Å². The van der Waals surface area contributed by atoms with E-state index in [0.29, 0.717) is 6.54 Å². The molecule has 1 aromatic carbocycles. The average Bonchev–Trinajstić information content (AvgIpc) is 3.22. The molecule has 0 atom stereocenters. The van der Waals surface area contributed by atoms with Gasteiger partial charge in [-0.15, -0.1) is 10.2 Å². The summed E-state index contributed by atoms with van der Waals surface area (Å²) in [5.74, 6) is 2.55.